The minimum atomic E-state index is -0.0660. The van der Waals surface area contributed by atoms with E-state index in [1.54, 1.807) is 14.0 Å². The van der Waals surface area contributed by atoms with E-state index in [4.69, 9.17) is 4.74 Å². The molecule has 0 N–H and O–H groups in total. The van der Waals surface area contributed by atoms with Crippen molar-refractivity contribution in [2.45, 2.75) is 20.8 Å². The molecule has 0 atom stereocenters. The third-order valence-electron chi connectivity index (χ3n) is 1.45. The first-order valence-electron chi connectivity index (χ1n) is 4.44. The lowest BCUT2D eigenvalue weighted by atomic mass is 10.2. The molecule has 13 heavy (non-hydrogen) atoms. The molecule has 0 spiro atoms. The van der Waals surface area contributed by atoms with E-state index in [9.17, 15) is 4.79 Å². The molecule has 3 nitrogen and oxygen atoms in total. The van der Waals surface area contributed by atoms with Crippen LogP contribution in [0.3, 0.4) is 0 Å². The van der Waals surface area contributed by atoms with Crippen LogP contribution in [0.2, 0.25) is 0 Å². The van der Waals surface area contributed by atoms with E-state index in [0.717, 1.165) is 0 Å². The summed E-state index contributed by atoms with van der Waals surface area (Å²) in [6.07, 6.45) is 0. The highest BCUT2D eigenvalue weighted by molar-refractivity contribution is 5.91. The van der Waals surface area contributed by atoms with Gasteiger partial charge in [0, 0.05) is 12.6 Å². The third kappa shape index (κ3) is 5.42. The van der Waals surface area contributed by atoms with Gasteiger partial charge in [0.25, 0.3) is 0 Å². The molecule has 0 aliphatic rings. The van der Waals surface area contributed by atoms with Crippen molar-refractivity contribution in [1.82, 2.24) is 4.90 Å². The Hall–Kier alpha value is -0.830. The van der Waals surface area contributed by atoms with Crippen LogP contribution in [-0.2, 0) is 9.53 Å². The summed E-state index contributed by atoms with van der Waals surface area (Å²) in [6, 6.07) is 0. The van der Waals surface area contributed by atoms with Crippen LogP contribution < -0.4 is 0 Å². The largest absolute Gasteiger partial charge is 0.361 e. The Bertz CT molecular complexity index is 187. The number of nitrogens with zero attached hydrogens (tertiary/aromatic N) is 1. The highest BCUT2D eigenvalue weighted by Gasteiger charge is 2.08. The van der Waals surface area contributed by atoms with E-state index in [1.807, 2.05) is 0 Å². The van der Waals surface area contributed by atoms with Gasteiger partial charge in [-0.3, -0.25) is 4.79 Å². The first-order valence-corrected chi connectivity index (χ1v) is 4.44. The third-order valence-corrected chi connectivity index (χ3v) is 1.45. The zero-order valence-corrected chi connectivity index (χ0v) is 8.96. The van der Waals surface area contributed by atoms with Crippen LogP contribution >= 0.6 is 0 Å². The minimum absolute atomic E-state index is 0.0660. The second kappa shape index (κ2) is 5.75. The summed E-state index contributed by atoms with van der Waals surface area (Å²) in [4.78, 5) is 12.8. The molecule has 0 bridgehead atoms. The van der Waals surface area contributed by atoms with Crippen molar-refractivity contribution < 1.29 is 9.53 Å². The quantitative estimate of drug-likeness (QED) is 0.481. The smallest absolute Gasteiger partial charge is 0.250 e. The lowest BCUT2D eigenvalue weighted by Crippen LogP contribution is -2.30. The molecule has 0 aromatic rings. The summed E-state index contributed by atoms with van der Waals surface area (Å²) in [7, 11) is 1.71. The highest BCUT2D eigenvalue weighted by atomic mass is 16.5. The van der Waals surface area contributed by atoms with Crippen LogP contribution in [0.15, 0.2) is 12.2 Å². The SMILES string of the molecule is C=C(C)C(=O)N(C)COCC(C)C. The van der Waals surface area contributed by atoms with Crippen molar-refractivity contribution in [2.24, 2.45) is 5.92 Å². The molecule has 0 heterocycles. The maximum absolute atomic E-state index is 11.3. The van der Waals surface area contributed by atoms with Crippen molar-refractivity contribution in [3.05, 3.63) is 12.2 Å². The average molecular weight is 185 g/mol. The van der Waals surface area contributed by atoms with Crippen molar-refractivity contribution in [3.63, 3.8) is 0 Å². The topological polar surface area (TPSA) is 29.5 Å². The fourth-order valence-corrected chi connectivity index (χ4v) is 0.810. The van der Waals surface area contributed by atoms with E-state index < -0.39 is 0 Å². The Morgan fingerprint density at radius 3 is 2.46 bits per heavy atom. The molecule has 0 aliphatic carbocycles. The van der Waals surface area contributed by atoms with Crippen LogP contribution in [0.5, 0.6) is 0 Å². The molecule has 0 aliphatic heterocycles. The van der Waals surface area contributed by atoms with Gasteiger partial charge in [-0.25, -0.2) is 0 Å². The molecule has 0 saturated carbocycles. The van der Waals surface area contributed by atoms with Gasteiger partial charge in [-0.15, -0.1) is 0 Å². The van der Waals surface area contributed by atoms with Crippen molar-refractivity contribution in [2.75, 3.05) is 20.4 Å². The molecule has 0 unspecified atom stereocenters. The number of amides is 1. The zero-order valence-electron chi connectivity index (χ0n) is 8.96. The monoisotopic (exact) mass is 185 g/mol. The predicted molar refractivity (Wildman–Crippen MR) is 53.2 cm³/mol. The number of hydrogen-bond acceptors (Lipinski definition) is 2. The Labute approximate surface area is 80.4 Å². The van der Waals surface area contributed by atoms with Gasteiger partial charge in [-0.2, -0.15) is 0 Å². The van der Waals surface area contributed by atoms with Gasteiger partial charge in [0.15, 0.2) is 0 Å². The van der Waals surface area contributed by atoms with E-state index in [1.165, 1.54) is 4.90 Å². The lowest BCUT2D eigenvalue weighted by Gasteiger charge is -2.17. The van der Waals surface area contributed by atoms with E-state index in [0.29, 0.717) is 24.8 Å². The number of likely N-dealkylation sites (N-methyl/N-ethyl adjacent to an activating group) is 1. The standard InChI is InChI=1S/C10H19NO2/c1-8(2)6-13-7-11(5)10(12)9(3)4/h8H,3,6-7H2,1-2,4-5H3. The molecule has 0 rings (SSSR count). The molecule has 0 radical (unpaired) electrons. The van der Waals surface area contributed by atoms with E-state index >= 15 is 0 Å². The van der Waals surface area contributed by atoms with Gasteiger partial charge < -0.3 is 9.64 Å². The molecular formula is C10H19NO2. The fourth-order valence-electron chi connectivity index (χ4n) is 0.810. The first kappa shape index (κ1) is 12.2. The maximum Gasteiger partial charge on any atom is 0.250 e. The summed E-state index contributed by atoms with van der Waals surface area (Å²) in [5.41, 5.74) is 0.538. The van der Waals surface area contributed by atoms with E-state index in [2.05, 4.69) is 20.4 Å². The van der Waals surface area contributed by atoms with Crippen molar-refractivity contribution in [3.8, 4) is 0 Å². The summed E-state index contributed by atoms with van der Waals surface area (Å²) in [6.45, 7) is 10.4. The predicted octanol–water partition coefficient (Wildman–Crippen LogP) is 1.65. The number of carbonyl (C=O) groups is 1. The maximum atomic E-state index is 11.3. The number of ether oxygens (including phenoxy) is 1. The van der Waals surface area contributed by atoms with Crippen LogP contribution in [-0.4, -0.2) is 31.2 Å². The van der Waals surface area contributed by atoms with Gasteiger partial charge in [0.05, 0.1) is 6.61 Å². The van der Waals surface area contributed by atoms with Crippen LogP contribution in [0.25, 0.3) is 0 Å². The first-order chi connectivity index (χ1) is 5.95. The minimum Gasteiger partial charge on any atom is -0.361 e. The number of hydrogen-bond donors (Lipinski definition) is 0. The fraction of sp³-hybridized carbons (Fsp3) is 0.700. The van der Waals surface area contributed by atoms with Gasteiger partial charge in [-0.1, -0.05) is 20.4 Å². The normalized spacial score (nSPS) is 10.2. The molecule has 0 saturated heterocycles. The summed E-state index contributed by atoms with van der Waals surface area (Å²) >= 11 is 0. The van der Waals surface area contributed by atoms with Crippen LogP contribution in [0.1, 0.15) is 20.8 Å². The molecule has 0 aromatic heterocycles. The molecule has 1 amide bonds. The molecule has 76 valence electrons. The summed E-state index contributed by atoms with van der Waals surface area (Å²) in [5.74, 6) is 0.428. The van der Waals surface area contributed by atoms with Gasteiger partial charge in [-0.05, 0) is 12.8 Å². The van der Waals surface area contributed by atoms with Crippen LogP contribution in [0, 0.1) is 5.92 Å². The second-order valence-corrected chi connectivity index (χ2v) is 3.68. The Morgan fingerprint density at radius 1 is 1.54 bits per heavy atom. The van der Waals surface area contributed by atoms with Crippen molar-refractivity contribution in [1.29, 1.82) is 0 Å². The molecular weight excluding hydrogens is 166 g/mol. The van der Waals surface area contributed by atoms with E-state index in [-0.39, 0.29) is 5.91 Å². The Balaban J connectivity index is 3.68. The second-order valence-electron chi connectivity index (χ2n) is 3.68. The van der Waals surface area contributed by atoms with Gasteiger partial charge in [0.1, 0.15) is 6.73 Å². The number of rotatable bonds is 5. The van der Waals surface area contributed by atoms with Gasteiger partial charge >= 0.3 is 0 Å². The highest BCUT2D eigenvalue weighted by Crippen LogP contribution is 1.97. The number of carbonyl (C=O) groups excluding carboxylic acids is 1. The Morgan fingerprint density at radius 2 is 2.08 bits per heavy atom. The molecule has 3 heteroatoms. The summed E-state index contributed by atoms with van der Waals surface area (Å²) < 4.78 is 5.29. The molecule has 0 fully saturated rings. The van der Waals surface area contributed by atoms with Crippen molar-refractivity contribution >= 4 is 5.91 Å². The molecule has 0 aromatic carbocycles. The zero-order chi connectivity index (χ0) is 10.4. The Kier molecular flexibility index (Phi) is 5.39. The average Bonchev–Trinajstić information content (AvgIpc) is 2.02. The summed E-state index contributed by atoms with van der Waals surface area (Å²) in [5, 5.41) is 0. The van der Waals surface area contributed by atoms with Gasteiger partial charge in [0.2, 0.25) is 5.91 Å². The van der Waals surface area contributed by atoms with Crippen LogP contribution in [0.4, 0.5) is 0 Å². The lowest BCUT2D eigenvalue weighted by molar-refractivity contribution is -0.131.